The summed E-state index contributed by atoms with van der Waals surface area (Å²) >= 11 is 0. The number of phenols is 1. The van der Waals surface area contributed by atoms with E-state index in [1.807, 2.05) is 24.3 Å². The third-order valence-electron chi connectivity index (χ3n) is 5.94. The van der Waals surface area contributed by atoms with E-state index in [1.54, 1.807) is 12.1 Å². The zero-order valence-electron chi connectivity index (χ0n) is 17.6. The lowest BCUT2D eigenvalue weighted by Gasteiger charge is -2.16. The Balaban J connectivity index is 1.35. The number of phenolic OH excluding ortho intramolecular Hbond substituents is 1. The summed E-state index contributed by atoms with van der Waals surface area (Å²) in [4.78, 5) is 24.0. The van der Waals surface area contributed by atoms with Gasteiger partial charge in [0.2, 0.25) is 0 Å². The van der Waals surface area contributed by atoms with Crippen molar-refractivity contribution < 1.29 is 24.5 Å². The minimum absolute atomic E-state index is 0.0194. The number of alkyl carbamates (subject to hydrolysis) is 1. The van der Waals surface area contributed by atoms with Crippen LogP contribution in [0.15, 0.2) is 78.9 Å². The number of carboxylic acids is 1. The first kappa shape index (κ1) is 20.6. The molecule has 0 fully saturated rings. The van der Waals surface area contributed by atoms with Gasteiger partial charge in [0.1, 0.15) is 18.4 Å². The van der Waals surface area contributed by atoms with E-state index in [-0.39, 0.29) is 18.8 Å². The fourth-order valence-electron chi connectivity index (χ4n) is 4.32. The molecule has 5 aromatic carbocycles. The van der Waals surface area contributed by atoms with Crippen LogP contribution in [0.4, 0.5) is 4.79 Å². The fourth-order valence-corrected chi connectivity index (χ4v) is 4.32. The first-order valence-corrected chi connectivity index (χ1v) is 10.6. The summed E-state index contributed by atoms with van der Waals surface area (Å²) in [6.45, 7) is 0.0194. The highest BCUT2D eigenvalue weighted by Crippen LogP contribution is 2.36. The molecule has 0 spiro atoms. The van der Waals surface area contributed by atoms with Crippen LogP contribution in [0.25, 0.3) is 32.3 Å². The SMILES string of the molecule is O=C(NC(Cc1ccc(O)cc1)C(=O)O)OCc1ccc2ccc3cccc4ccc1c2c34. The number of aliphatic carboxylic acids is 1. The predicted octanol–water partition coefficient (Wildman–Crippen LogP) is 5.21. The van der Waals surface area contributed by atoms with Crippen molar-refractivity contribution in [2.24, 2.45) is 0 Å². The van der Waals surface area contributed by atoms with Gasteiger partial charge in [0.15, 0.2) is 0 Å². The van der Waals surface area contributed by atoms with Crippen LogP contribution in [-0.4, -0.2) is 28.3 Å². The zero-order valence-corrected chi connectivity index (χ0v) is 17.6. The molecule has 0 heterocycles. The molecule has 0 aromatic heterocycles. The first-order valence-electron chi connectivity index (χ1n) is 10.6. The Morgan fingerprint density at radius 3 is 2.15 bits per heavy atom. The second-order valence-corrected chi connectivity index (χ2v) is 8.06. The Morgan fingerprint density at radius 2 is 1.45 bits per heavy atom. The maximum atomic E-state index is 12.4. The van der Waals surface area contributed by atoms with E-state index < -0.39 is 18.1 Å². The number of hydrogen-bond acceptors (Lipinski definition) is 4. The minimum atomic E-state index is -1.16. The molecule has 0 saturated carbocycles. The average molecular weight is 439 g/mol. The van der Waals surface area contributed by atoms with E-state index in [9.17, 15) is 19.8 Å². The summed E-state index contributed by atoms with van der Waals surface area (Å²) < 4.78 is 5.40. The summed E-state index contributed by atoms with van der Waals surface area (Å²) in [5.74, 6) is -1.07. The highest BCUT2D eigenvalue weighted by Gasteiger charge is 2.21. The smallest absolute Gasteiger partial charge is 0.408 e. The molecule has 1 atom stereocenters. The Bertz CT molecular complexity index is 1460. The van der Waals surface area contributed by atoms with E-state index in [1.165, 1.54) is 17.5 Å². The van der Waals surface area contributed by atoms with Crippen molar-refractivity contribution in [2.75, 3.05) is 0 Å². The fraction of sp³-hybridized carbons (Fsp3) is 0.111. The summed E-state index contributed by atoms with van der Waals surface area (Å²) in [5, 5.41) is 28.0. The molecule has 0 radical (unpaired) electrons. The number of amides is 1. The number of ether oxygens (including phenoxy) is 1. The molecule has 5 aromatic rings. The van der Waals surface area contributed by atoms with Crippen molar-refractivity contribution >= 4 is 44.4 Å². The van der Waals surface area contributed by atoms with Crippen molar-refractivity contribution in [3.63, 3.8) is 0 Å². The van der Waals surface area contributed by atoms with Gasteiger partial charge in [0, 0.05) is 6.42 Å². The van der Waals surface area contributed by atoms with Gasteiger partial charge in [-0.25, -0.2) is 9.59 Å². The van der Waals surface area contributed by atoms with Crippen molar-refractivity contribution in [1.29, 1.82) is 0 Å². The number of nitrogens with one attached hydrogen (secondary N) is 1. The molecule has 164 valence electrons. The molecule has 0 aliphatic rings. The van der Waals surface area contributed by atoms with Crippen LogP contribution in [0.1, 0.15) is 11.1 Å². The summed E-state index contributed by atoms with van der Waals surface area (Å²) in [5.41, 5.74) is 1.52. The molecule has 6 nitrogen and oxygen atoms in total. The van der Waals surface area contributed by atoms with Crippen LogP contribution < -0.4 is 5.32 Å². The minimum Gasteiger partial charge on any atom is -0.508 e. The zero-order chi connectivity index (χ0) is 22.9. The van der Waals surface area contributed by atoms with Crippen LogP contribution in [-0.2, 0) is 22.6 Å². The van der Waals surface area contributed by atoms with Gasteiger partial charge in [-0.1, -0.05) is 66.7 Å². The molecule has 33 heavy (non-hydrogen) atoms. The molecule has 5 rings (SSSR count). The molecular formula is C27H21NO5. The van der Waals surface area contributed by atoms with Gasteiger partial charge in [-0.3, -0.25) is 0 Å². The molecule has 1 unspecified atom stereocenters. The number of benzene rings is 5. The van der Waals surface area contributed by atoms with Gasteiger partial charge in [-0.15, -0.1) is 0 Å². The number of rotatable bonds is 6. The van der Waals surface area contributed by atoms with Gasteiger partial charge in [-0.05, 0) is 55.6 Å². The molecule has 0 aliphatic heterocycles. The van der Waals surface area contributed by atoms with Crippen LogP contribution in [0, 0.1) is 0 Å². The normalized spacial score (nSPS) is 12.2. The standard InChI is InChI=1S/C27H21NO5/c29-21-11-4-16(5-12-21)14-23(26(30)31)28-27(32)33-15-20-9-8-19-7-6-17-2-1-3-18-10-13-22(20)25(19)24(17)18/h1-13,23,29H,14-15H2,(H,28,32)(H,30,31). The maximum Gasteiger partial charge on any atom is 0.408 e. The van der Waals surface area contributed by atoms with Gasteiger partial charge in [-0.2, -0.15) is 0 Å². The lowest BCUT2D eigenvalue weighted by molar-refractivity contribution is -0.139. The molecule has 0 bridgehead atoms. The molecule has 6 heteroatoms. The van der Waals surface area contributed by atoms with E-state index in [0.717, 1.165) is 32.5 Å². The van der Waals surface area contributed by atoms with Gasteiger partial charge in [0.05, 0.1) is 0 Å². The molecule has 0 saturated heterocycles. The van der Waals surface area contributed by atoms with Crippen molar-refractivity contribution in [3.05, 3.63) is 90.0 Å². The van der Waals surface area contributed by atoms with Crippen molar-refractivity contribution in [1.82, 2.24) is 5.32 Å². The molecule has 3 N–H and O–H groups in total. The third kappa shape index (κ3) is 3.99. The van der Waals surface area contributed by atoms with Gasteiger partial charge >= 0.3 is 12.1 Å². The molecule has 1 amide bonds. The number of carbonyl (C=O) groups excluding carboxylic acids is 1. The number of carbonyl (C=O) groups is 2. The average Bonchev–Trinajstić information content (AvgIpc) is 2.82. The van der Waals surface area contributed by atoms with Crippen LogP contribution in [0.5, 0.6) is 5.75 Å². The lowest BCUT2D eigenvalue weighted by Crippen LogP contribution is -2.42. The van der Waals surface area contributed by atoms with E-state index in [0.29, 0.717) is 5.56 Å². The molecular weight excluding hydrogens is 418 g/mol. The summed E-state index contributed by atoms with van der Waals surface area (Å²) in [6.07, 6.45) is -0.726. The van der Waals surface area contributed by atoms with Gasteiger partial charge < -0.3 is 20.3 Å². The first-order chi connectivity index (χ1) is 16.0. The van der Waals surface area contributed by atoms with Gasteiger partial charge in [0.25, 0.3) is 0 Å². The van der Waals surface area contributed by atoms with E-state index in [4.69, 9.17) is 4.74 Å². The Kier molecular flexibility index (Phi) is 5.18. The number of hydrogen-bond donors (Lipinski definition) is 3. The number of carboxylic acid groups (broad SMARTS) is 1. The van der Waals surface area contributed by atoms with Crippen LogP contribution in [0.3, 0.4) is 0 Å². The van der Waals surface area contributed by atoms with Crippen molar-refractivity contribution in [3.8, 4) is 5.75 Å². The van der Waals surface area contributed by atoms with E-state index >= 15 is 0 Å². The molecule has 0 aliphatic carbocycles. The lowest BCUT2D eigenvalue weighted by atomic mass is 9.92. The highest BCUT2D eigenvalue weighted by molar-refractivity contribution is 6.23. The quantitative estimate of drug-likeness (QED) is 0.316. The highest BCUT2D eigenvalue weighted by atomic mass is 16.5. The topological polar surface area (TPSA) is 95.9 Å². The third-order valence-corrected chi connectivity index (χ3v) is 5.94. The maximum absolute atomic E-state index is 12.4. The van der Waals surface area contributed by atoms with Crippen LogP contribution in [0.2, 0.25) is 0 Å². The van der Waals surface area contributed by atoms with Crippen LogP contribution >= 0.6 is 0 Å². The largest absolute Gasteiger partial charge is 0.508 e. The summed E-state index contributed by atoms with van der Waals surface area (Å²) in [7, 11) is 0. The second kappa shape index (κ2) is 8.31. The van der Waals surface area contributed by atoms with Crippen molar-refractivity contribution in [2.45, 2.75) is 19.1 Å². The second-order valence-electron chi connectivity index (χ2n) is 8.06. The Morgan fingerprint density at radius 1 is 0.818 bits per heavy atom. The predicted molar refractivity (Wildman–Crippen MR) is 127 cm³/mol. The Hall–Kier alpha value is -4.32. The number of aromatic hydroxyl groups is 1. The van der Waals surface area contributed by atoms with E-state index in [2.05, 4.69) is 35.6 Å². The Labute approximate surface area is 189 Å². The monoisotopic (exact) mass is 439 g/mol. The summed E-state index contributed by atoms with van der Waals surface area (Å²) in [6, 6.07) is 23.4.